The maximum atomic E-state index is 11.3. The van der Waals surface area contributed by atoms with Gasteiger partial charge in [0.1, 0.15) is 6.04 Å². The molecule has 3 amide bonds. The van der Waals surface area contributed by atoms with Crippen LogP contribution in [0.2, 0.25) is 0 Å². The van der Waals surface area contributed by atoms with Crippen LogP contribution in [0.4, 0.5) is 4.79 Å². The van der Waals surface area contributed by atoms with E-state index in [0.717, 1.165) is 0 Å². The summed E-state index contributed by atoms with van der Waals surface area (Å²) in [6.45, 7) is 0.461. The van der Waals surface area contributed by atoms with Crippen molar-refractivity contribution in [3.63, 3.8) is 0 Å². The van der Waals surface area contributed by atoms with E-state index in [0.29, 0.717) is 6.42 Å². The summed E-state index contributed by atoms with van der Waals surface area (Å²) in [7, 11) is 0. The fourth-order valence-electron chi connectivity index (χ4n) is 1.12. The van der Waals surface area contributed by atoms with E-state index in [-0.39, 0.29) is 30.8 Å². The van der Waals surface area contributed by atoms with Crippen molar-refractivity contribution < 1.29 is 34.1 Å². The maximum Gasteiger partial charge on any atom is 0.328 e. The maximum absolute atomic E-state index is 11.3. The number of aliphatic hydroxyl groups excluding tert-OH is 2. The number of carbonyl (C=O) groups excluding carboxylic acids is 2. The van der Waals surface area contributed by atoms with Crippen LogP contribution in [-0.2, 0) is 16.1 Å². The minimum absolute atomic E-state index is 0.0171. The van der Waals surface area contributed by atoms with Crippen LogP contribution in [-0.4, -0.2) is 62.7 Å². The number of urea groups is 1. The number of aromatic nitrogens is 2. The van der Waals surface area contributed by atoms with Gasteiger partial charge in [0.2, 0.25) is 17.7 Å². The third-order valence-electron chi connectivity index (χ3n) is 2.53. The molecule has 2 atom stereocenters. The second kappa shape index (κ2) is 11.7. The van der Waals surface area contributed by atoms with E-state index in [1.165, 1.54) is 0 Å². The van der Waals surface area contributed by atoms with E-state index >= 15 is 0 Å². The minimum atomic E-state index is -1.41. The Morgan fingerprint density at radius 1 is 1.24 bits per heavy atom. The second-order valence-corrected chi connectivity index (χ2v) is 4.54. The van der Waals surface area contributed by atoms with Crippen molar-refractivity contribution in [2.24, 2.45) is 11.5 Å². The van der Waals surface area contributed by atoms with E-state index in [9.17, 15) is 14.4 Å². The number of primary amides is 1. The number of nitrogens with zero attached hydrogens (tertiary/aromatic N) is 2. The summed E-state index contributed by atoms with van der Waals surface area (Å²) in [5.74, 6) is -1.56. The van der Waals surface area contributed by atoms with Crippen molar-refractivity contribution in [1.82, 2.24) is 20.8 Å². The lowest BCUT2D eigenvalue weighted by Gasteiger charge is -2.11. The Kier molecular flexibility index (Phi) is 10.4. The van der Waals surface area contributed by atoms with Crippen LogP contribution in [0.5, 0.6) is 0 Å². The molecule has 0 aliphatic carbocycles. The molecule has 1 heterocycles. The van der Waals surface area contributed by atoms with Gasteiger partial charge in [-0.05, 0) is 0 Å². The lowest BCUT2D eigenvalue weighted by atomic mass is 10.3. The average Bonchev–Trinajstić information content (AvgIpc) is 3.06. The number of aliphatic carboxylic acids is 1. The van der Waals surface area contributed by atoms with Crippen LogP contribution in [0.25, 0.3) is 0 Å². The van der Waals surface area contributed by atoms with Crippen LogP contribution in [0.15, 0.2) is 4.42 Å². The van der Waals surface area contributed by atoms with Gasteiger partial charge in [-0.1, -0.05) is 6.92 Å². The Morgan fingerprint density at radius 3 is 2.28 bits per heavy atom. The molecule has 0 aliphatic heterocycles. The number of aliphatic hydroxyl groups is 2. The molecular weight excluding hydrogens is 340 g/mol. The summed E-state index contributed by atoms with van der Waals surface area (Å²) in [4.78, 5) is 31.5. The topological polar surface area (TPSA) is 227 Å². The van der Waals surface area contributed by atoms with Crippen molar-refractivity contribution in [3.8, 4) is 0 Å². The summed E-state index contributed by atoms with van der Waals surface area (Å²) in [6, 6.07) is -3.04. The molecule has 0 unspecified atom stereocenters. The zero-order valence-electron chi connectivity index (χ0n) is 13.5. The monoisotopic (exact) mass is 362 g/mol. The number of carboxylic acid groups (broad SMARTS) is 1. The first kappa shape index (κ1) is 22.2. The number of nitrogens with one attached hydrogen (secondary N) is 2. The van der Waals surface area contributed by atoms with Crippen molar-refractivity contribution in [1.29, 1.82) is 0 Å². The molecule has 0 saturated carbocycles. The normalized spacial score (nSPS) is 12.3. The number of hydrogen-bond acceptors (Lipinski definition) is 9. The molecule has 142 valence electrons. The largest absolute Gasteiger partial charge is 0.480 e. The second-order valence-electron chi connectivity index (χ2n) is 4.54. The summed E-state index contributed by atoms with van der Waals surface area (Å²) in [5.41, 5.74) is 10.1. The van der Waals surface area contributed by atoms with Crippen LogP contribution in [0.1, 0.15) is 31.2 Å². The number of hydrogen-bond donors (Lipinski definition) is 7. The molecule has 0 bridgehead atoms. The Balaban J connectivity index is 0.00000101. The van der Waals surface area contributed by atoms with Gasteiger partial charge in [-0.3, -0.25) is 4.79 Å². The molecule has 0 aliphatic rings. The molecule has 0 aromatic carbocycles. The minimum Gasteiger partial charge on any atom is -0.480 e. The molecule has 9 N–H and O–H groups in total. The molecule has 13 nitrogen and oxygen atoms in total. The van der Waals surface area contributed by atoms with Gasteiger partial charge >= 0.3 is 12.0 Å². The summed E-state index contributed by atoms with van der Waals surface area (Å²) < 4.78 is 5.05. The van der Waals surface area contributed by atoms with Crippen LogP contribution in [0, 0.1) is 0 Å². The van der Waals surface area contributed by atoms with Gasteiger partial charge in [0.25, 0.3) is 0 Å². The SMILES string of the molecule is CCC(N)=O.N[C@@H](CO)c1nnc(CNC(=O)N[C@@H](CO)C(=O)O)o1. The van der Waals surface area contributed by atoms with Crippen LogP contribution >= 0.6 is 0 Å². The van der Waals surface area contributed by atoms with Crippen LogP contribution in [0.3, 0.4) is 0 Å². The van der Waals surface area contributed by atoms with E-state index in [1.807, 2.05) is 5.32 Å². The number of rotatable bonds is 8. The lowest BCUT2D eigenvalue weighted by Crippen LogP contribution is -2.47. The quantitative estimate of drug-likeness (QED) is 0.251. The summed E-state index contributed by atoms with van der Waals surface area (Å²) >= 11 is 0. The first-order valence-electron chi connectivity index (χ1n) is 7.10. The predicted octanol–water partition coefficient (Wildman–Crippen LogP) is -2.81. The first-order valence-corrected chi connectivity index (χ1v) is 7.10. The zero-order chi connectivity index (χ0) is 19.4. The van der Waals surface area contributed by atoms with Crippen molar-refractivity contribution in [2.75, 3.05) is 13.2 Å². The number of amides is 3. The van der Waals surface area contributed by atoms with Gasteiger partial charge < -0.3 is 41.8 Å². The lowest BCUT2D eigenvalue weighted by molar-refractivity contribution is -0.140. The Hall–Kier alpha value is -2.77. The molecule has 0 radical (unpaired) electrons. The molecular formula is C12H22N6O7. The molecule has 1 aromatic heterocycles. The molecule has 1 aromatic rings. The zero-order valence-corrected chi connectivity index (χ0v) is 13.5. The van der Waals surface area contributed by atoms with Crippen molar-refractivity contribution in [2.45, 2.75) is 32.0 Å². The Bertz CT molecular complexity index is 564. The molecule has 0 saturated heterocycles. The highest BCUT2D eigenvalue weighted by Crippen LogP contribution is 2.07. The Morgan fingerprint density at radius 2 is 1.84 bits per heavy atom. The third-order valence-corrected chi connectivity index (χ3v) is 2.53. The first-order chi connectivity index (χ1) is 11.7. The number of nitrogens with two attached hydrogens (primary N) is 2. The van der Waals surface area contributed by atoms with Crippen LogP contribution < -0.4 is 22.1 Å². The van der Waals surface area contributed by atoms with Gasteiger partial charge in [-0.25, -0.2) is 9.59 Å². The molecule has 1 rings (SSSR count). The number of carbonyl (C=O) groups is 3. The van der Waals surface area contributed by atoms with E-state index in [4.69, 9.17) is 25.5 Å². The fourth-order valence-corrected chi connectivity index (χ4v) is 1.12. The number of carboxylic acids is 1. The fraction of sp³-hybridized carbons (Fsp3) is 0.583. The predicted molar refractivity (Wildman–Crippen MR) is 81.7 cm³/mol. The van der Waals surface area contributed by atoms with Gasteiger partial charge in [-0.2, -0.15) is 0 Å². The van der Waals surface area contributed by atoms with E-state index < -0.39 is 30.7 Å². The standard InChI is InChI=1S/C9H15N5O6.C3H7NO/c10-4(2-15)7-14-13-6(20-7)1-11-9(19)12-5(3-16)8(17)18;1-2-3(4)5/h4-5,15-16H,1-3,10H2,(H,17,18)(H2,11,12,19);2H2,1H3,(H2,4,5)/t4-,5-;/m0./s1. The highest BCUT2D eigenvalue weighted by molar-refractivity contribution is 5.82. The molecule has 0 spiro atoms. The van der Waals surface area contributed by atoms with Crippen molar-refractivity contribution >= 4 is 17.9 Å². The highest BCUT2D eigenvalue weighted by Gasteiger charge is 2.19. The summed E-state index contributed by atoms with van der Waals surface area (Å²) in [6.07, 6.45) is 0.444. The molecule has 25 heavy (non-hydrogen) atoms. The highest BCUT2D eigenvalue weighted by atomic mass is 16.4. The average molecular weight is 362 g/mol. The summed E-state index contributed by atoms with van der Waals surface area (Å²) in [5, 5.41) is 37.5. The van der Waals surface area contributed by atoms with Gasteiger partial charge in [0.15, 0.2) is 6.04 Å². The van der Waals surface area contributed by atoms with E-state index in [2.05, 4.69) is 21.2 Å². The van der Waals surface area contributed by atoms with Crippen molar-refractivity contribution in [3.05, 3.63) is 11.8 Å². The smallest absolute Gasteiger partial charge is 0.328 e. The Labute approximate surface area is 142 Å². The van der Waals surface area contributed by atoms with Gasteiger partial charge in [0, 0.05) is 6.42 Å². The van der Waals surface area contributed by atoms with E-state index in [1.54, 1.807) is 6.92 Å². The third kappa shape index (κ3) is 9.19. The molecule has 0 fully saturated rings. The van der Waals surface area contributed by atoms with Gasteiger partial charge in [-0.15, -0.1) is 10.2 Å². The molecule has 13 heteroatoms. The van der Waals surface area contributed by atoms with Gasteiger partial charge in [0.05, 0.1) is 19.8 Å².